The van der Waals surface area contributed by atoms with Crippen LogP contribution in [0, 0.1) is 0 Å². The first kappa shape index (κ1) is 17.6. The number of anilines is 3. The van der Waals surface area contributed by atoms with E-state index < -0.39 is 11.7 Å². The number of pyridine rings is 1. The van der Waals surface area contributed by atoms with Gasteiger partial charge in [-0.05, 0) is 42.8 Å². The topological polar surface area (TPSA) is 48.5 Å². The third-order valence-corrected chi connectivity index (χ3v) is 5.05. The van der Waals surface area contributed by atoms with Gasteiger partial charge in [-0.3, -0.25) is 4.79 Å². The summed E-state index contributed by atoms with van der Waals surface area (Å²) in [4.78, 5) is 20.1. The molecule has 1 N–H and O–H groups in total. The molecule has 1 fully saturated rings. The number of carbonyl (C=O) groups is 1. The number of aromatic nitrogens is 1. The van der Waals surface area contributed by atoms with Crippen molar-refractivity contribution in [3.63, 3.8) is 0 Å². The molecular weight excluding hydrogens is 357 g/mol. The maximum Gasteiger partial charge on any atom is 0.416 e. The fraction of sp³-hybridized carbons (Fsp3) is 0.368. The number of fused-ring (bicyclic) bond motifs is 3. The lowest BCUT2D eigenvalue weighted by molar-refractivity contribution is -0.137. The standard InChI is InChI=1S/C19H19F3N4O/c1-12(27)24-14-9-16-11-25(15-6-4-13(5-7-15)19(20,21)22)17-3-2-8-23-18(17)26(16)10-14/h2-8,14,16H,9-11H2,1H3,(H,24,27)/t14?,16-/m1/s1. The number of nitrogens with one attached hydrogen (secondary N) is 1. The van der Waals surface area contributed by atoms with E-state index in [1.807, 2.05) is 17.0 Å². The van der Waals surface area contributed by atoms with Gasteiger partial charge in [-0.2, -0.15) is 13.2 Å². The molecule has 0 aliphatic carbocycles. The first-order valence-corrected chi connectivity index (χ1v) is 8.76. The van der Waals surface area contributed by atoms with E-state index in [2.05, 4.69) is 15.2 Å². The van der Waals surface area contributed by atoms with E-state index in [0.717, 1.165) is 30.1 Å². The highest BCUT2D eigenvalue weighted by Crippen LogP contribution is 2.42. The number of hydrogen-bond donors (Lipinski definition) is 1. The van der Waals surface area contributed by atoms with E-state index in [1.165, 1.54) is 19.1 Å². The van der Waals surface area contributed by atoms with Crippen molar-refractivity contribution in [1.82, 2.24) is 10.3 Å². The molecule has 1 saturated heterocycles. The molecule has 1 aromatic carbocycles. The average molecular weight is 376 g/mol. The Balaban J connectivity index is 1.66. The summed E-state index contributed by atoms with van der Waals surface area (Å²) in [7, 11) is 0. The van der Waals surface area contributed by atoms with Crippen LogP contribution >= 0.6 is 0 Å². The normalized spacial score (nSPS) is 21.6. The van der Waals surface area contributed by atoms with E-state index in [4.69, 9.17) is 0 Å². The molecule has 2 atom stereocenters. The molecule has 0 spiro atoms. The molecule has 0 bridgehead atoms. The van der Waals surface area contributed by atoms with Crippen LogP contribution in [0.2, 0.25) is 0 Å². The first-order chi connectivity index (χ1) is 12.8. The third-order valence-electron chi connectivity index (χ3n) is 5.05. The van der Waals surface area contributed by atoms with Gasteiger partial charge in [0.2, 0.25) is 5.91 Å². The fourth-order valence-electron chi connectivity index (χ4n) is 3.95. The predicted octanol–water partition coefficient (Wildman–Crippen LogP) is 3.34. The van der Waals surface area contributed by atoms with E-state index >= 15 is 0 Å². The number of amides is 1. The van der Waals surface area contributed by atoms with Crippen LogP contribution in [0.3, 0.4) is 0 Å². The third kappa shape index (κ3) is 3.31. The molecule has 2 aromatic rings. The number of hydrogen-bond acceptors (Lipinski definition) is 4. The smallest absolute Gasteiger partial charge is 0.352 e. The molecule has 27 heavy (non-hydrogen) atoms. The summed E-state index contributed by atoms with van der Waals surface area (Å²) in [5.74, 6) is 0.724. The molecule has 8 heteroatoms. The van der Waals surface area contributed by atoms with Crippen molar-refractivity contribution in [2.24, 2.45) is 0 Å². The molecule has 1 aromatic heterocycles. The van der Waals surface area contributed by atoms with Crippen LogP contribution in [0.15, 0.2) is 42.6 Å². The van der Waals surface area contributed by atoms with Gasteiger partial charge in [-0.1, -0.05) is 0 Å². The van der Waals surface area contributed by atoms with Crippen LogP contribution in [-0.4, -0.2) is 36.1 Å². The summed E-state index contributed by atoms with van der Waals surface area (Å²) in [6, 6.07) is 9.10. The molecule has 5 nitrogen and oxygen atoms in total. The minimum absolute atomic E-state index is 0.0370. The molecule has 4 rings (SSSR count). The Morgan fingerprint density at radius 3 is 2.59 bits per heavy atom. The summed E-state index contributed by atoms with van der Waals surface area (Å²) >= 11 is 0. The van der Waals surface area contributed by atoms with E-state index in [1.54, 1.807) is 6.20 Å². The molecule has 2 aliphatic heterocycles. The van der Waals surface area contributed by atoms with Crippen molar-refractivity contribution >= 4 is 23.1 Å². The number of alkyl halides is 3. The van der Waals surface area contributed by atoms with Gasteiger partial charge < -0.3 is 15.1 Å². The molecule has 3 heterocycles. The van der Waals surface area contributed by atoms with Gasteiger partial charge in [0, 0.05) is 37.9 Å². The van der Waals surface area contributed by atoms with Crippen molar-refractivity contribution in [3.8, 4) is 0 Å². The number of nitrogens with zero attached hydrogens (tertiary/aromatic N) is 3. The van der Waals surface area contributed by atoms with Crippen LogP contribution < -0.4 is 15.1 Å². The molecule has 1 amide bonds. The highest BCUT2D eigenvalue weighted by molar-refractivity contribution is 5.78. The van der Waals surface area contributed by atoms with E-state index in [0.29, 0.717) is 18.8 Å². The lowest BCUT2D eigenvalue weighted by Crippen LogP contribution is -2.44. The largest absolute Gasteiger partial charge is 0.416 e. The predicted molar refractivity (Wildman–Crippen MR) is 96.0 cm³/mol. The number of carbonyl (C=O) groups excluding carboxylic acids is 1. The minimum Gasteiger partial charge on any atom is -0.352 e. The maximum absolute atomic E-state index is 12.9. The highest BCUT2D eigenvalue weighted by Gasteiger charge is 2.40. The Hall–Kier alpha value is -2.77. The monoisotopic (exact) mass is 376 g/mol. The van der Waals surface area contributed by atoms with Crippen LogP contribution in [0.25, 0.3) is 0 Å². The Morgan fingerprint density at radius 2 is 1.93 bits per heavy atom. The van der Waals surface area contributed by atoms with Crippen LogP contribution in [0.5, 0.6) is 0 Å². The summed E-state index contributed by atoms with van der Waals surface area (Å²) in [6.45, 7) is 2.80. The zero-order valence-corrected chi connectivity index (χ0v) is 14.7. The van der Waals surface area contributed by atoms with Gasteiger partial charge in [0.15, 0.2) is 5.82 Å². The summed E-state index contributed by atoms with van der Waals surface area (Å²) in [5.41, 5.74) is 0.889. The zero-order chi connectivity index (χ0) is 19.2. The lowest BCUT2D eigenvalue weighted by Gasteiger charge is -2.40. The Morgan fingerprint density at radius 1 is 1.19 bits per heavy atom. The first-order valence-electron chi connectivity index (χ1n) is 8.76. The quantitative estimate of drug-likeness (QED) is 0.874. The highest BCUT2D eigenvalue weighted by atomic mass is 19.4. The van der Waals surface area contributed by atoms with Gasteiger partial charge in [-0.15, -0.1) is 0 Å². The van der Waals surface area contributed by atoms with Crippen molar-refractivity contribution in [3.05, 3.63) is 48.2 Å². The average Bonchev–Trinajstić information content (AvgIpc) is 3.02. The van der Waals surface area contributed by atoms with Crippen molar-refractivity contribution in [2.45, 2.75) is 31.6 Å². The van der Waals surface area contributed by atoms with Crippen molar-refractivity contribution in [1.29, 1.82) is 0 Å². The second-order valence-electron chi connectivity index (χ2n) is 6.94. The Labute approximate surface area is 154 Å². The molecule has 0 radical (unpaired) electrons. The minimum atomic E-state index is -4.35. The molecule has 2 aliphatic rings. The van der Waals surface area contributed by atoms with Gasteiger partial charge in [0.05, 0.1) is 17.3 Å². The Bertz CT molecular complexity index is 853. The maximum atomic E-state index is 12.9. The fourth-order valence-corrected chi connectivity index (χ4v) is 3.95. The zero-order valence-electron chi connectivity index (χ0n) is 14.7. The summed E-state index contributed by atoms with van der Waals surface area (Å²) in [5, 5.41) is 2.96. The molecule has 1 unspecified atom stereocenters. The molecule has 142 valence electrons. The molecular formula is C19H19F3N4O. The van der Waals surface area contributed by atoms with Crippen molar-refractivity contribution in [2.75, 3.05) is 22.9 Å². The summed E-state index contributed by atoms with van der Waals surface area (Å²) in [6.07, 6.45) is -1.88. The van der Waals surface area contributed by atoms with Crippen LogP contribution in [0.1, 0.15) is 18.9 Å². The lowest BCUT2D eigenvalue weighted by atomic mass is 10.1. The van der Waals surface area contributed by atoms with Gasteiger partial charge in [0.1, 0.15) is 0 Å². The number of halogens is 3. The van der Waals surface area contributed by atoms with E-state index in [-0.39, 0.29) is 18.0 Å². The second-order valence-corrected chi connectivity index (χ2v) is 6.94. The number of rotatable bonds is 2. The number of benzene rings is 1. The second kappa shape index (κ2) is 6.44. The Kier molecular flexibility index (Phi) is 4.20. The van der Waals surface area contributed by atoms with Gasteiger partial charge in [-0.25, -0.2) is 4.98 Å². The van der Waals surface area contributed by atoms with Gasteiger partial charge >= 0.3 is 6.18 Å². The van der Waals surface area contributed by atoms with Crippen LogP contribution in [0.4, 0.5) is 30.4 Å². The van der Waals surface area contributed by atoms with Crippen LogP contribution in [-0.2, 0) is 11.0 Å². The molecule has 0 saturated carbocycles. The summed E-state index contributed by atoms with van der Waals surface area (Å²) < 4.78 is 38.6. The van der Waals surface area contributed by atoms with E-state index in [9.17, 15) is 18.0 Å². The van der Waals surface area contributed by atoms with Gasteiger partial charge in [0.25, 0.3) is 0 Å². The SMILES string of the molecule is CC(=O)NC1C[C@@H]2CN(c3ccc(C(F)(F)F)cc3)c3cccnc3N2C1. The van der Waals surface area contributed by atoms with Crippen molar-refractivity contribution < 1.29 is 18.0 Å².